The van der Waals surface area contributed by atoms with Crippen LogP contribution < -0.4 is 10.1 Å². The number of rotatable bonds is 3. The van der Waals surface area contributed by atoms with E-state index in [4.69, 9.17) is 4.74 Å². The number of para-hydroxylation sites is 1. The number of fused-ring (bicyclic) bond motifs is 2. The number of amides is 1. The summed E-state index contributed by atoms with van der Waals surface area (Å²) in [6, 6.07) is 7.48. The molecule has 8 heteroatoms. The van der Waals surface area contributed by atoms with E-state index in [1.165, 1.54) is 11.3 Å². The number of nitrogens with zero attached hydrogens (tertiary/aromatic N) is 4. The highest BCUT2D eigenvalue weighted by atomic mass is 32.1. The van der Waals surface area contributed by atoms with Crippen LogP contribution in [0.3, 0.4) is 0 Å². The summed E-state index contributed by atoms with van der Waals surface area (Å²) in [4.78, 5) is 21.9. The molecule has 1 N–H and O–H groups in total. The quantitative estimate of drug-likeness (QED) is 0.600. The Hall–Kier alpha value is -3.00. The molecule has 7 nitrogen and oxygen atoms in total. The van der Waals surface area contributed by atoms with Crippen LogP contribution in [0.15, 0.2) is 24.3 Å². The van der Waals surface area contributed by atoms with E-state index in [1.807, 2.05) is 39.1 Å². The predicted octanol–water partition coefficient (Wildman–Crippen LogP) is 3.46. The largest absolute Gasteiger partial charge is 0.494 e. The van der Waals surface area contributed by atoms with Crippen molar-refractivity contribution in [1.29, 1.82) is 0 Å². The average molecular weight is 367 g/mol. The lowest BCUT2D eigenvalue weighted by molar-refractivity contribution is 0.102. The molecule has 132 valence electrons. The van der Waals surface area contributed by atoms with Crippen molar-refractivity contribution in [3.8, 4) is 5.75 Å². The van der Waals surface area contributed by atoms with Gasteiger partial charge in [0, 0.05) is 12.7 Å². The Labute approximate surface area is 153 Å². The summed E-state index contributed by atoms with van der Waals surface area (Å²) < 4.78 is 7.98. The summed E-state index contributed by atoms with van der Waals surface area (Å²) >= 11 is 1.41. The van der Waals surface area contributed by atoms with Crippen LogP contribution in [-0.2, 0) is 7.05 Å². The van der Waals surface area contributed by atoms with Crippen LogP contribution in [-0.4, -0.2) is 32.8 Å². The van der Waals surface area contributed by atoms with Crippen LogP contribution >= 0.6 is 11.3 Å². The van der Waals surface area contributed by atoms with E-state index in [1.54, 1.807) is 17.9 Å². The number of nitrogens with one attached hydrogen (secondary N) is 1. The zero-order valence-electron chi connectivity index (χ0n) is 14.8. The fourth-order valence-corrected chi connectivity index (χ4v) is 3.93. The summed E-state index contributed by atoms with van der Waals surface area (Å²) in [6.07, 6.45) is 0. The molecule has 4 rings (SSSR count). The van der Waals surface area contributed by atoms with E-state index >= 15 is 0 Å². The van der Waals surface area contributed by atoms with Crippen LogP contribution in [0.1, 0.15) is 21.7 Å². The molecule has 0 saturated heterocycles. The molecular formula is C18H17N5O2S. The summed E-state index contributed by atoms with van der Waals surface area (Å²) in [5.74, 6) is 0.458. The first-order valence-electron chi connectivity index (χ1n) is 8.03. The van der Waals surface area contributed by atoms with Crippen molar-refractivity contribution in [2.45, 2.75) is 13.8 Å². The molecule has 0 fully saturated rings. The minimum Gasteiger partial charge on any atom is -0.494 e. The monoisotopic (exact) mass is 367 g/mol. The summed E-state index contributed by atoms with van der Waals surface area (Å²) in [5, 5.41) is 8.57. The lowest BCUT2D eigenvalue weighted by atomic mass is 10.1. The van der Waals surface area contributed by atoms with E-state index in [-0.39, 0.29) is 5.91 Å². The number of hydrogen-bond donors (Lipinski definition) is 1. The Morgan fingerprint density at radius 3 is 2.85 bits per heavy atom. The molecule has 0 aliphatic rings. The first kappa shape index (κ1) is 16.5. The number of carbonyl (C=O) groups is 1. The summed E-state index contributed by atoms with van der Waals surface area (Å²) in [6.45, 7) is 3.74. The van der Waals surface area contributed by atoms with E-state index < -0.39 is 0 Å². The maximum atomic E-state index is 12.9. The van der Waals surface area contributed by atoms with Gasteiger partial charge in [-0.2, -0.15) is 5.10 Å². The van der Waals surface area contributed by atoms with Gasteiger partial charge in [0.05, 0.1) is 28.5 Å². The normalized spacial score (nSPS) is 11.2. The Morgan fingerprint density at radius 1 is 1.27 bits per heavy atom. The van der Waals surface area contributed by atoms with Gasteiger partial charge in [0.1, 0.15) is 11.3 Å². The molecule has 0 radical (unpaired) electrons. The Bertz CT molecular complexity index is 1160. The van der Waals surface area contributed by atoms with Crippen LogP contribution in [0, 0.1) is 13.8 Å². The third-order valence-corrected chi connectivity index (χ3v) is 5.10. The molecule has 0 saturated carbocycles. The van der Waals surface area contributed by atoms with Crippen molar-refractivity contribution < 1.29 is 9.53 Å². The van der Waals surface area contributed by atoms with Crippen molar-refractivity contribution in [1.82, 2.24) is 19.7 Å². The van der Waals surface area contributed by atoms with E-state index in [2.05, 4.69) is 20.4 Å². The molecule has 0 spiro atoms. The van der Waals surface area contributed by atoms with Gasteiger partial charge in [0.25, 0.3) is 5.91 Å². The van der Waals surface area contributed by atoms with Gasteiger partial charge in [0.2, 0.25) is 0 Å². The van der Waals surface area contributed by atoms with Gasteiger partial charge in [-0.3, -0.25) is 14.8 Å². The van der Waals surface area contributed by atoms with Gasteiger partial charge in [-0.1, -0.05) is 17.4 Å². The van der Waals surface area contributed by atoms with Gasteiger partial charge in [-0.05, 0) is 32.0 Å². The van der Waals surface area contributed by atoms with Crippen molar-refractivity contribution >= 4 is 43.6 Å². The molecule has 3 heterocycles. The molecule has 1 aromatic carbocycles. The Kier molecular flexibility index (Phi) is 3.84. The van der Waals surface area contributed by atoms with Crippen LogP contribution in [0.5, 0.6) is 5.75 Å². The molecule has 0 unspecified atom stereocenters. The van der Waals surface area contributed by atoms with Crippen LogP contribution in [0.2, 0.25) is 0 Å². The number of hydrogen-bond acceptors (Lipinski definition) is 6. The number of carbonyl (C=O) groups excluding carboxylic acids is 1. The third-order valence-electron chi connectivity index (χ3n) is 4.16. The molecule has 0 atom stereocenters. The maximum absolute atomic E-state index is 12.9. The fourth-order valence-electron chi connectivity index (χ4n) is 3.05. The lowest BCUT2D eigenvalue weighted by Crippen LogP contribution is -2.13. The summed E-state index contributed by atoms with van der Waals surface area (Å²) in [7, 11) is 3.43. The van der Waals surface area contributed by atoms with Gasteiger partial charge in [0.15, 0.2) is 10.8 Å². The van der Waals surface area contributed by atoms with Crippen LogP contribution in [0.25, 0.3) is 21.3 Å². The van der Waals surface area contributed by atoms with Crippen molar-refractivity contribution in [3.05, 3.63) is 41.2 Å². The smallest absolute Gasteiger partial charge is 0.258 e. The molecule has 26 heavy (non-hydrogen) atoms. The van der Waals surface area contributed by atoms with Gasteiger partial charge in [-0.25, -0.2) is 9.97 Å². The number of methoxy groups -OCH3 is 1. The van der Waals surface area contributed by atoms with Gasteiger partial charge >= 0.3 is 0 Å². The second kappa shape index (κ2) is 6.06. The zero-order chi connectivity index (χ0) is 18.4. The Balaban J connectivity index is 1.76. The molecule has 0 aliphatic heterocycles. The number of benzene rings is 1. The average Bonchev–Trinajstić information content (AvgIpc) is 3.14. The number of thiazole rings is 1. The highest BCUT2D eigenvalue weighted by Crippen LogP contribution is 2.32. The first-order chi connectivity index (χ1) is 12.5. The Morgan fingerprint density at radius 2 is 2.08 bits per heavy atom. The second-order valence-electron chi connectivity index (χ2n) is 6.00. The fraction of sp³-hybridized carbons (Fsp3) is 0.222. The molecule has 1 amide bonds. The second-order valence-corrected chi connectivity index (χ2v) is 7.03. The number of ether oxygens (including phenoxy) is 1. The molecule has 3 aromatic heterocycles. The van der Waals surface area contributed by atoms with Crippen LogP contribution in [0.4, 0.5) is 5.13 Å². The van der Waals surface area contributed by atoms with Gasteiger partial charge in [-0.15, -0.1) is 0 Å². The van der Waals surface area contributed by atoms with E-state index in [0.29, 0.717) is 22.1 Å². The van der Waals surface area contributed by atoms with E-state index in [0.717, 1.165) is 27.0 Å². The third kappa shape index (κ3) is 2.59. The maximum Gasteiger partial charge on any atom is 0.258 e. The standard InChI is InChI=1S/C18H17N5O2S/c1-9-8-11(14-10(2)22-23(3)16(14)19-9)17(24)21-18-20-15-12(25-4)6-5-7-13(15)26-18/h5-8H,1-4H3,(H,20,21,24). The van der Waals surface area contributed by atoms with E-state index in [9.17, 15) is 4.79 Å². The predicted molar refractivity (Wildman–Crippen MR) is 102 cm³/mol. The molecule has 0 aliphatic carbocycles. The topological polar surface area (TPSA) is 81.9 Å². The van der Waals surface area contributed by atoms with Gasteiger partial charge < -0.3 is 4.74 Å². The molecule has 0 bridgehead atoms. The summed E-state index contributed by atoms with van der Waals surface area (Å²) in [5.41, 5.74) is 3.51. The molecular weight excluding hydrogens is 350 g/mol. The number of pyridine rings is 1. The zero-order valence-corrected chi connectivity index (χ0v) is 15.6. The minimum atomic E-state index is -0.227. The number of aryl methyl sites for hydroxylation is 3. The SMILES string of the molecule is COc1cccc2sc(NC(=O)c3cc(C)nc4c3c(C)nn4C)nc12. The van der Waals surface area contributed by atoms with Crippen molar-refractivity contribution in [2.24, 2.45) is 7.05 Å². The lowest BCUT2D eigenvalue weighted by Gasteiger charge is -2.05. The minimum absolute atomic E-state index is 0.227. The highest BCUT2D eigenvalue weighted by Gasteiger charge is 2.19. The number of aromatic nitrogens is 4. The van der Waals surface area contributed by atoms with Crippen molar-refractivity contribution in [3.63, 3.8) is 0 Å². The first-order valence-corrected chi connectivity index (χ1v) is 8.85. The molecule has 4 aromatic rings. The highest BCUT2D eigenvalue weighted by molar-refractivity contribution is 7.22. The van der Waals surface area contributed by atoms with Crippen molar-refractivity contribution in [2.75, 3.05) is 12.4 Å². The number of anilines is 1.